The fourth-order valence-corrected chi connectivity index (χ4v) is 7.90. The zero-order chi connectivity index (χ0) is 36.2. The smallest absolute Gasteiger partial charge is 0.160 e. The van der Waals surface area contributed by atoms with Gasteiger partial charge in [0, 0.05) is 43.9 Å². The van der Waals surface area contributed by atoms with Gasteiger partial charge in [-0.2, -0.15) is 10.5 Å². The molecular weight excluding hydrogens is 661 g/mol. The van der Waals surface area contributed by atoms with Crippen molar-refractivity contribution >= 4 is 43.6 Å². The molecule has 3 heterocycles. The average molecular weight is 689 g/mol. The van der Waals surface area contributed by atoms with Gasteiger partial charge in [-0.1, -0.05) is 121 Å². The van der Waals surface area contributed by atoms with Gasteiger partial charge in [-0.3, -0.25) is 0 Å². The first-order chi connectivity index (χ1) is 26.7. The SMILES string of the molecule is N#Cc1cc(-c2nc(-c3ccccc3)nc(-c3ccccc3)c2C#N)ccc1-n1c2ccccc2c2c3c4ccccc4n(-c4ccccc4)c3ccc21. The van der Waals surface area contributed by atoms with Crippen LogP contribution in [-0.4, -0.2) is 19.1 Å². The van der Waals surface area contributed by atoms with Gasteiger partial charge in [0.05, 0.1) is 44.7 Å². The van der Waals surface area contributed by atoms with Crippen LogP contribution in [0, 0.1) is 22.7 Å². The van der Waals surface area contributed by atoms with E-state index in [2.05, 4.69) is 100 Å². The molecule has 0 aliphatic carbocycles. The van der Waals surface area contributed by atoms with Crippen LogP contribution >= 0.6 is 0 Å². The Labute approximate surface area is 310 Å². The third-order valence-corrected chi connectivity index (χ3v) is 10.2. The lowest BCUT2D eigenvalue weighted by molar-refractivity contribution is 1.15. The van der Waals surface area contributed by atoms with E-state index in [4.69, 9.17) is 9.97 Å². The minimum absolute atomic E-state index is 0.353. The molecule has 0 amide bonds. The van der Waals surface area contributed by atoms with Crippen molar-refractivity contribution in [3.63, 3.8) is 0 Å². The third kappa shape index (κ3) is 4.72. The molecule has 0 saturated heterocycles. The average Bonchev–Trinajstić information content (AvgIpc) is 3.76. The van der Waals surface area contributed by atoms with Crippen molar-refractivity contribution < 1.29 is 0 Å². The quantitative estimate of drug-likeness (QED) is 0.180. The summed E-state index contributed by atoms with van der Waals surface area (Å²) in [6, 6.07) is 61.9. The van der Waals surface area contributed by atoms with Crippen LogP contribution in [0.2, 0.25) is 0 Å². The van der Waals surface area contributed by atoms with Crippen molar-refractivity contribution in [1.29, 1.82) is 10.5 Å². The van der Waals surface area contributed by atoms with E-state index in [-0.39, 0.29) is 0 Å². The van der Waals surface area contributed by atoms with Gasteiger partial charge in [-0.05, 0) is 48.5 Å². The van der Waals surface area contributed by atoms with Crippen LogP contribution in [0.5, 0.6) is 0 Å². The van der Waals surface area contributed by atoms with Gasteiger partial charge < -0.3 is 9.13 Å². The van der Waals surface area contributed by atoms with Crippen molar-refractivity contribution in [2.45, 2.75) is 0 Å². The summed E-state index contributed by atoms with van der Waals surface area (Å²) in [5.74, 6) is 0.507. The summed E-state index contributed by atoms with van der Waals surface area (Å²) in [7, 11) is 0. The first-order valence-electron chi connectivity index (χ1n) is 17.7. The molecule has 0 aliphatic rings. The van der Waals surface area contributed by atoms with Crippen LogP contribution in [0.1, 0.15) is 11.1 Å². The van der Waals surface area contributed by atoms with Crippen molar-refractivity contribution in [2.24, 2.45) is 0 Å². The minimum Gasteiger partial charge on any atom is -0.309 e. The molecule has 7 aromatic carbocycles. The molecule has 0 aliphatic heterocycles. The predicted octanol–water partition coefficient (Wildman–Crippen LogP) is 11.4. The summed E-state index contributed by atoms with van der Waals surface area (Å²) < 4.78 is 4.52. The lowest BCUT2D eigenvalue weighted by Gasteiger charge is -2.14. The van der Waals surface area contributed by atoms with E-state index in [1.165, 1.54) is 5.39 Å². The first-order valence-corrected chi connectivity index (χ1v) is 17.7. The van der Waals surface area contributed by atoms with Crippen LogP contribution in [-0.2, 0) is 0 Å². The van der Waals surface area contributed by atoms with Gasteiger partial charge in [0.2, 0.25) is 0 Å². The number of hydrogen-bond acceptors (Lipinski definition) is 4. The summed E-state index contributed by atoms with van der Waals surface area (Å²) in [6.07, 6.45) is 0. The van der Waals surface area contributed by atoms with Crippen LogP contribution in [0.15, 0.2) is 170 Å². The van der Waals surface area contributed by atoms with E-state index in [1.807, 2.05) is 91.0 Å². The second-order valence-corrected chi connectivity index (χ2v) is 13.2. The largest absolute Gasteiger partial charge is 0.309 e. The highest BCUT2D eigenvalue weighted by molar-refractivity contribution is 6.29. The molecule has 250 valence electrons. The Morgan fingerprint density at radius 3 is 1.56 bits per heavy atom. The standard InChI is InChI=1S/C48H28N6/c49-29-34-28-33(47-38(30-50)46(31-14-4-1-5-15-31)51-48(52-47)32-16-6-2-7-17-32)24-25-39(34)54-41-23-13-11-21-37(41)45-43(54)27-26-42-44(45)36-20-10-12-22-40(36)53(42)35-18-8-3-9-19-35/h1-28H. The van der Waals surface area contributed by atoms with Gasteiger partial charge in [-0.15, -0.1) is 0 Å². The Kier molecular flexibility index (Phi) is 7.15. The number of hydrogen-bond donors (Lipinski definition) is 0. The molecule has 0 N–H and O–H groups in total. The normalized spacial score (nSPS) is 11.3. The Bertz CT molecular complexity index is 3160. The van der Waals surface area contributed by atoms with E-state index in [9.17, 15) is 10.5 Å². The fourth-order valence-electron chi connectivity index (χ4n) is 7.90. The van der Waals surface area contributed by atoms with Crippen LogP contribution < -0.4 is 0 Å². The summed E-state index contributed by atoms with van der Waals surface area (Å²) in [5, 5.41) is 25.9. The first kappa shape index (κ1) is 31.0. The molecule has 6 nitrogen and oxygen atoms in total. The molecule has 10 rings (SSSR count). The number of nitriles is 2. The van der Waals surface area contributed by atoms with Gasteiger partial charge in [0.15, 0.2) is 5.82 Å². The maximum atomic E-state index is 10.8. The third-order valence-electron chi connectivity index (χ3n) is 10.2. The van der Waals surface area contributed by atoms with E-state index in [0.717, 1.165) is 60.7 Å². The highest BCUT2D eigenvalue weighted by Crippen LogP contribution is 2.43. The molecule has 6 heteroatoms. The Balaban J connectivity index is 1.23. The van der Waals surface area contributed by atoms with E-state index in [1.54, 1.807) is 0 Å². The van der Waals surface area contributed by atoms with E-state index in [0.29, 0.717) is 33.9 Å². The number of nitrogens with zero attached hydrogens (tertiary/aromatic N) is 6. The van der Waals surface area contributed by atoms with Gasteiger partial charge in [0.25, 0.3) is 0 Å². The lowest BCUT2D eigenvalue weighted by Crippen LogP contribution is -2.02. The number of para-hydroxylation sites is 3. The predicted molar refractivity (Wildman–Crippen MR) is 216 cm³/mol. The van der Waals surface area contributed by atoms with Crippen molar-refractivity contribution in [3.05, 3.63) is 181 Å². The van der Waals surface area contributed by atoms with Crippen LogP contribution in [0.25, 0.3) is 88.9 Å². The van der Waals surface area contributed by atoms with Crippen molar-refractivity contribution in [1.82, 2.24) is 19.1 Å². The number of aromatic nitrogens is 4. The molecular formula is C48H28N6. The zero-order valence-electron chi connectivity index (χ0n) is 28.8. The minimum atomic E-state index is 0.353. The molecule has 0 atom stereocenters. The molecule has 0 unspecified atom stereocenters. The summed E-state index contributed by atoms with van der Waals surface area (Å²) in [6.45, 7) is 0. The topological polar surface area (TPSA) is 83.2 Å². The number of fused-ring (bicyclic) bond motifs is 7. The maximum absolute atomic E-state index is 10.8. The Hall–Kier alpha value is -7.80. The monoisotopic (exact) mass is 688 g/mol. The van der Waals surface area contributed by atoms with Gasteiger partial charge >= 0.3 is 0 Å². The van der Waals surface area contributed by atoms with Gasteiger partial charge in [-0.25, -0.2) is 9.97 Å². The van der Waals surface area contributed by atoms with Gasteiger partial charge in [0.1, 0.15) is 17.7 Å². The lowest BCUT2D eigenvalue weighted by atomic mass is 9.98. The molecule has 10 aromatic rings. The van der Waals surface area contributed by atoms with Crippen molar-refractivity contribution in [2.75, 3.05) is 0 Å². The van der Waals surface area contributed by atoms with Crippen LogP contribution in [0.3, 0.4) is 0 Å². The second-order valence-electron chi connectivity index (χ2n) is 13.2. The highest BCUT2D eigenvalue weighted by atomic mass is 15.0. The summed E-state index contributed by atoms with van der Waals surface area (Å²) >= 11 is 0. The fraction of sp³-hybridized carbons (Fsp3) is 0. The van der Waals surface area contributed by atoms with Crippen LogP contribution in [0.4, 0.5) is 0 Å². The maximum Gasteiger partial charge on any atom is 0.160 e. The number of benzene rings is 7. The molecule has 0 bridgehead atoms. The Morgan fingerprint density at radius 1 is 0.426 bits per heavy atom. The summed E-state index contributed by atoms with van der Waals surface area (Å²) in [5.41, 5.74) is 10.3. The molecule has 0 spiro atoms. The number of rotatable bonds is 5. The molecule has 0 radical (unpaired) electrons. The Morgan fingerprint density at radius 2 is 0.944 bits per heavy atom. The second kappa shape index (κ2) is 12.5. The van der Waals surface area contributed by atoms with E-state index < -0.39 is 0 Å². The molecule has 3 aromatic heterocycles. The van der Waals surface area contributed by atoms with E-state index >= 15 is 0 Å². The molecule has 0 saturated carbocycles. The van der Waals surface area contributed by atoms with Crippen molar-refractivity contribution in [3.8, 4) is 57.4 Å². The zero-order valence-corrected chi connectivity index (χ0v) is 28.8. The molecule has 54 heavy (non-hydrogen) atoms. The highest BCUT2D eigenvalue weighted by Gasteiger charge is 2.23. The summed E-state index contributed by atoms with van der Waals surface area (Å²) in [4.78, 5) is 9.88. The molecule has 0 fully saturated rings.